The molecule has 5 rings (SSSR count). The van der Waals surface area contributed by atoms with Crippen LogP contribution in [-0.2, 0) is 48.2 Å². The van der Waals surface area contributed by atoms with E-state index in [4.69, 9.17) is 28.4 Å². The van der Waals surface area contributed by atoms with Gasteiger partial charge in [0.05, 0.1) is 26.4 Å². The minimum atomic E-state index is -0.737. The number of hydrogen-bond acceptors (Lipinski definition) is 6. The van der Waals surface area contributed by atoms with E-state index in [0.29, 0.717) is 26.4 Å². The molecule has 0 amide bonds. The van der Waals surface area contributed by atoms with E-state index in [1.165, 1.54) is 0 Å². The van der Waals surface area contributed by atoms with Crippen molar-refractivity contribution in [1.29, 1.82) is 0 Å². The van der Waals surface area contributed by atoms with Crippen molar-refractivity contribution in [3.05, 3.63) is 108 Å². The minimum Gasteiger partial charge on any atom is -0.374 e. The van der Waals surface area contributed by atoms with Crippen molar-refractivity contribution in [3.8, 4) is 0 Å². The third kappa shape index (κ3) is 6.40. The molecule has 1 unspecified atom stereocenters. The summed E-state index contributed by atoms with van der Waals surface area (Å²) >= 11 is 0. The lowest BCUT2D eigenvalue weighted by molar-refractivity contribution is -0.238. The van der Waals surface area contributed by atoms with Gasteiger partial charge in [-0.2, -0.15) is 0 Å². The third-order valence-electron chi connectivity index (χ3n) is 6.38. The monoisotopic (exact) mass is 490 g/mol. The topological polar surface area (TPSA) is 55.4 Å². The van der Waals surface area contributed by atoms with Crippen LogP contribution in [0.3, 0.4) is 0 Å². The van der Waals surface area contributed by atoms with E-state index >= 15 is 0 Å². The smallest absolute Gasteiger partial charge is 0.190 e. The van der Waals surface area contributed by atoms with Gasteiger partial charge in [-0.15, -0.1) is 0 Å². The molecule has 3 aromatic carbocycles. The van der Waals surface area contributed by atoms with Crippen LogP contribution in [0.2, 0.25) is 0 Å². The maximum atomic E-state index is 6.44. The van der Waals surface area contributed by atoms with Gasteiger partial charge in [0, 0.05) is 0 Å². The van der Waals surface area contributed by atoms with Crippen LogP contribution in [0.4, 0.5) is 0 Å². The van der Waals surface area contributed by atoms with Gasteiger partial charge in [-0.05, 0) is 30.5 Å². The molecule has 3 aromatic rings. The van der Waals surface area contributed by atoms with Crippen LogP contribution in [0.15, 0.2) is 91.0 Å². The molecule has 0 bridgehead atoms. The second-order valence-corrected chi connectivity index (χ2v) is 9.67. The molecule has 0 radical (unpaired) electrons. The summed E-state index contributed by atoms with van der Waals surface area (Å²) in [5.74, 6) is -0.737. The molecule has 5 atom stereocenters. The Morgan fingerprint density at radius 1 is 0.722 bits per heavy atom. The maximum Gasteiger partial charge on any atom is 0.190 e. The van der Waals surface area contributed by atoms with E-state index in [1.54, 1.807) is 0 Å². The fourth-order valence-corrected chi connectivity index (χ4v) is 4.64. The molecule has 2 saturated heterocycles. The fourth-order valence-electron chi connectivity index (χ4n) is 4.64. The first-order chi connectivity index (χ1) is 17.6. The summed E-state index contributed by atoms with van der Waals surface area (Å²) in [6.07, 6.45) is -2.05. The van der Waals surface area contributed by atoms with Gasteiger partial charge in [0.1, 0.15) is 24.4 Å². The number of hydrogen-bond donors (Lipinski definition) is 0. The summed E-state index contributed by atoms with van der Waals surface area (Å²) in [5, 5.41) is 0. The molecule has 0 spiro atoms. The van der Waals surface area contributed by atoms with Crippen molar-refractivity contribution in [1.82, 2.24) is 0 Å². The standard InChI is InChI=1S/C30H34O6/c1-30(2)35-28-27(33-20-24-16-10-5-11-17-24)26(34-29(28)36-30)25(32-19-23-14-8-4-9-15-23)21-31-18-22-12-6-3-7-13-22/h3-17,25-29H,18-21H2,1-2H3/t25?,26-,27+,28-,29-/m1/s1. The summed E-state index contributed by atoms with van der Waals surface area (Å²) in [6.45, 7) is 5.50. The Labute approximate surface area is 213 Å². The van der Waals surface area contributed by atoms with Crippen LogP contribution in [0.25, 0.3) is 0 Å². The first-order valence-corrected chi connectivity index (χ1v) is 12.5. The van der Waals surface area contributed by atoms with Crippen molar-refractivity contribution in [2.24, 2.45) is 0 Å². The first-order valence-electron chi connectivity index (χ1n) is 12.5. The number of ether oxygens (including phenoxy) is 6. The minimum absolute atomic E-state index is 0.348. The van der Waals surface area contributed by atoms with Gasteiger partial charge in [0.15, 0.2) is 12.1 Å². The highest BCUT2D eigenvalue weighted by Gasteiger charge is 2.57. The molecule has 2 heterocycles. The van der Waals surface area contributed by atoms with Crippen molar-refractivity contribution in [3.63, 3.8) is 0 Å². The summed E-state index contributed by atoms with van der Waals surface area (Å²) < 4.78 is 37.6. The van der Waals surface area contributed by atoms with Crippen LogP contribution in [0.1, 0.15) is 30.5 Å². The van der Waals surface area contributed by atoms with E-state index in [0.717, 1.165) is 16.7 Å². The van der Waals surface area contributed by atoms with Gasteiger partial charge >= 0.3 is 0 Å². The van der Waals surface area contributed by atoms with Crippen molar-refractivity contribution >= 4 is 0 Å². The first kappa shape index (κ1) is 25.1. The second-order valence-electron chi connectivity index (χ2n) is 9.67. The van der Waals surface area contributed by atoms with Gasteiger partial charge in [-0.3, -0.25) is 0 Å². The zero-order chi connectivity index (χ0) is 24.8. The molecule has 2 fully saturated rings. The Kier molecular flexibility index (Phi) is 8.12. The van der Waals surface area contributed by atoms with Crippen molar-refractivity contribution in [2.45, 2.75) is 70.2 Å². The van der Waals surface area contributed by atoms with E-state index in [9.17, 15) is 0 Å². The lowest BCUT2D eigenvalue weighted by Crippen LogP contribution is -2.45. The molecular formula is C30H34O6. The Hall–Kier alpha value is -2.58. The SMILES string of the molecule is CC1(C)O[C@H]2O[C@H](C(COCc3ccccc3)OCc3ccccc3)[C@H](OCc3ccccc3)[C@H]2O1. The van der Waals surface area contributed by atoms with Gasteiger partial charge in [-0.25, -0.2) is 0 Å². The summed E-state index contributed by atoms with van der Waals surface area (Å²) in [4.78, 5) is 0. The maximum absolute atomic E-state index is 6.44. The van der Waals surface area contributed by atoms with Gasteiger partial charge in [-0.1, -0.05) is 91.0 Å². The fraction of sp³-hybridized carbons (Fsp3) is 0.400. The molecule has 2 aliphatic heterocycles. The Balaban J connectivity index is 1.32. The lowest BCUT2D eigenvalue weighted by Gasteiger charge is -2.31. The van der Waals surface area contributed by atoms with Gasteiger partial charge < -0.3 is 28.4 Å². The van der Waals surface area contributed by atoms with Crippen LogP contribution >= 0.6 is 0 Å². The molecule has 0 aromatic heterocycles. The van der Waals surface area contributed by atoms with Crippen LogP contribution in [0.5, 0.6) is 0 Å². The predicted octanol–water partition coefficient (Wildman–Crippen LogP) is 5.25. The average molecular weight is 491 g/mol. The molecule has 0 N–H and O–H groups in total. The molecule has 0 saturated carbocycles. The summed E-state index contributed by atoms with van der Waals surface area (Å²) in [5.41, 5.74) is 3.27. The summed E-state index contributed by atoms with van der Waals surface area (Å²) in [7, 11) is 0. The van der Waals surface area contributed by atoms with Gasteiger partial charge in [0.2, 0.25) is 0 Å². The largest absolute Gasteiger partial charge is 0.374 e. The summed E-state index contributed by atoms with van der Waals surface area (Å²) in [6, 6.07) is 30.3. The number of rotatable bonds is 11. The van der Waals surface area contributed by atoms with E-state index in [2.05, 4.69) is 0 Å². The highest BCUT2D eigenvalue weighted by molar-refractivity contribution is 5.15. The van der Waals surface area contributed by atoms with Crippen molar-refractivity contribution < 1.29 is 28.4 Å². The normalized spacial score (nSPS) is 25.5. The molecule has 190 valence electrons. The number of benzene rings is 3. The van der Waals surface area contributed by atoms with Crippen LogP contribution < -0.4 is 0 Å². The quantitative estimate of drug-likeness (QED) is 0.366. The lowest BCUT2D eigenvalue weighted by atomic mass is 10.1. The Morgan fingerprint density at radius 3 is 1.89 bits per heavy atom. The van der Waals surface area contributed by atoms with Crippen LogP contribution in [0, 0.1) is 0 Å². The molecule has 36 heavy (non-hydrogen) atoms. The highest BCUT2D eigenvalue weighted by atomic mass is 16.8. The highest BCUT2D eigenvalue weighted by Crippen LogP contribution is 2.40. The zero-order valence-corrected chi connectivity index (χ0v) is 20.8. The molecular weight excluding hydrogens is 456 g/mol. The predicted molar refractivity (Wildman–Crippen MR) is 135 cm³/mol. The van der Waals surface area contributed by atoms with E-state index in [-0.39, 0.29) is 18.3 Å². The van der Waals surface area contributed by atoms with E-state index in [1.807, 2.05) is 105 Å². The average Bonchev–Trinajstić information content (AvgIpc) is 3.38. The molecule has 0 aliphatic carbocycles. The van der Waals surface area contributed by atoms with Crippen LogP contribution in [-0.4, -0.2) is 43.1 Å². The Morgan fingerprint density at radius 2 is 1.28 bits per heavy atom. The zero-order valence-electron chi connectivity index (χ0n) is 20.8. The third-order valence-corrected chi connectivity index (χ3v) is 6.38. The van der Waals surface area contributed by atoms with Gasteiger partial charge in [0.25, 0.3) is 0 Å². The van der Waals surface area contributed by atoms with E-state index < -0.39 is 18.2 Å². The van der Waals surface area contributed by atoms with Crippen molar-refractivity contribution in [2.75, 3.05) is 6.61 Å². The second kappa shape index (κ2) is 11.6. The molecule has 6 nitrogen and oxygen atoms in total. The Bertz CT molecular complexity index is 1060. The molecule has 6 heteroatoms. The molecule has 2 aliphatic rings. The number of fused-ring (bicyclic) bond motifs is 1.